The van der Waals surface area contributed by atoms with Gasteiger partial charge in [-0.25, -0.2) is 4.98 Å². The Kier molecular flexibility index (Phi) is 5.11. The van der Waals surface area contributed by atoms with Crippen molar-refractivity contribution in [2.24, 2.45) is 5.41 Å². The quantitative estimate of drug-likeness (QED) is 0.825. The lowest BCUT2D eigenvalue weighted by molar-refractivity contribution is -0.117. The number of rotatable bonds is 3. The van der Waals surface area contributed by atoms with Gasteiger partial charge < -0.3 is 10.2 Å². The van der Waals surface area contributed by atoms with Crippen LogP contribution in [0, 0.1) is 26.2 Å². The maximum absolute atomic E-state index is 12.3. The van der Waals surface area contributed by atoms with Crippen LogP contribution in [-0.2, 0) is 17.8 Å². The number of nitrogens with zero attached hydrogens (tertiary/aromatic N) is 2. The SMILES string of the molecule is Cc1nc2c(s1)CN(c1cc(C)c(NC(=O)CC(C)(C)C)c(C)c1)CC2. The van der Waals surface area contributed by atoms with Crippen molar-refractivity contribution < 1.29 is 4.79 Å². The molecule has 3 rings (SSSR count). The molecule has 1 N–H and O–H groups in total. The second-order valence-corrected chi connectivity index (χ2v) is 9.80. The topological polar surface area (TPSA) is 45.2 Å². The smallest absolute Gasteiger partial charge is 0.224 e. The number of hydrogen-bond donors (Lipinski definition) is 1. The third-order valence-electron chi connectivity index (χ3n) is 4.68. The fourth-order valence-electron chi connectivity index (χ4n) is 3.53. The van der Waals surface area contributed by atoms with Gasteiger partial charge in [-0.15, -0.1) is 11.3 Å². The van der Waals surface area contributed by atoms with Crippen molar-refractivity contribution in [3.8, 4) is 0 Å². The Morgan fingerprint density at radius 1 is 1.23 bits per heavy atom. The van der Waals surface area contributed by atoms with Gasteiger partial charge in [0.2, 0.25) is 5.91 Å². The van der Waals surface area contributed by atoms with Crippen LogP contribution < -0.4 is 10.2 Å². The number of hydrogen-bond acceptors (Lipinski definition) is 4. The number of anilines is 2. The van der Waals surface area contributed by atoms with Crippen molar-refractivity contribution in [1.29, 1.82) is 0 Å². The molecule has 26 heavy (non-hydrogen) atoms. The zero-order valence-corrected chi connectivity index (χ0v) is 17.5. The summed E-state index contributed by atoms with van der Waals surface area (Å²) in [6, 6.07) is 4.39. The van der Waals surface area contributed by atoms with E-state index in [9.17, 15) is 4.79 Å². The Bertz CT molecular complexity index is 809. The third kappa shape index (κ3) is 4.26. The molecule has 0 radical (unpaired) electrons. The molecule has 0 atom stereocenters. The zero-order chi connectivity index (χ0) is 19.1. The minimum Gasteiger partial charge on any atom is -0.366 e. The predicted octanol–water partition coefficient (Wildman–Crippen LogP) is 5.01. The summed E-state index contributed by atoms with van der Waals surface area (Å²) >= 11 is 1.80. The summed E-state index contributed by atoms with van der Waals surface area (Å²) in [6.07, 6.45) is 1.52. The van der Waals surface area contributed by atoms with Gasteiger partial charge in [-0.2, -0.15) is 0 Å². The average molecular weight is 372 g/mol. The number of benzene rings is 1. The normalized spacial score (nSPS) is 14.3. The first-order valence-corrected chi connectivity index (χ1v) is 10.1. The summed E-state index contributed by atoms with van der Waals surface area (Å²) in [6.45, 7) is 14.4. The fraction of sp³-hybridized carbons (Fsp3) is 0.524. The largest absolute Gasteiger partial charge is 0.366 e. The fourth-order valence-corrected chi connectivity index (χ4v) is 4.53. The van der Waals surface area contributed by atoms with Crippen LogP contribution in [0.1, 0.15) is 53.9 Å². The average Bonchev–Trinajstić information content (AvgIpc) is 2.88. The highest BCUT2D eigenvalue weighted by molar-refractivity contribution is 7.11. The van der Waals surface area contributed by atoms with Crippen molar-refractivity contribution in [1.82, 2.24) is 4.98 Å². The first-order chi connectivity index (χ1) is 12.1. The monoisotopic (exact) mass is 371 g/mol. The number of carbonyl (C=O) groups is 1. The minimum absolute atomic E-state index is 0.00971. The highest BCUT2D eigenvalue weighted by Crippen LogP contribution is 2.32. The molecule has 0 fully saturated rings. The predicted molar refractivity (Wildman–Crippen MR) is 110 cm³/mol. The summed E-state index contributed by atoms with van der Waals surface area (Å²) in [5.74, 6) is 0.0826. The lowest BCUT2D eigenvalue weighted by Gasteiger charge is -2.29. The van der Waals surface area contributed by atoms with Gasteiger partial charge in [0.1, 0.15) is 0 Å². The van der Waals surface area contributed by atoms with Gasteiger partial charge in [-0.05, 0) is 49.4 Å². The van der Waals surface area contributed by atoms with Crippen LogP contribution in [0.2, 0.25) is 0 Å². The van der Waals surface area contributed by atoms with Crippen LogP contribution in [0.4, 0.5) is 11.4 Å². The van der Waals surface area contributed by atoms with E-state index in [2.05, 4.69) is 68.9 Å². The van der Waals surface area contributed by atoms with E-state index in [1.54, 1.807) is 11.3 Å². The van der Waals surface area contributed by atoms with Gasteiger partial charge in [0.25, 0.3) is 0 Å². The number of thiazole rings is 1. The molecular weight excluding hydrogens is 342 g/mol. The first kappa shape index (κ1) is 18.9. The molecule has 0 saturated heterocycles. The van der Waals surface area contributed by atoms with E-state index in [4.69, 9.17) is 0 Å². The molecule has 140 valence electrons. The Morgan fingerprint density at radius 2 is 1.88 bits per heavy atom. The third-order valence-corrected chi connectivity index (χ3v) is 5.67. The van der Waals surface area contributed by atoms with E-state index in [1.807, 2.05) is 0 Å². The van der Waals surface area contributed by atoms with Gasteiger partial charge in [0.15, 0.2) is 0 Å². The van der Waals surface area contributed by atoms with E-state index in [1.165, 1.54) is 16.3 Å². The molecule has 1 aliphatic rings. The Morgan fingerprint density at radius 3 is 2.50 bits per heavy atom. The maximum Gasteiger partial charge on any atom is 0.224 e. The van der Waals surface area contributed by atoms with Crippen molar-refractivity contribution in [3.63, 3.8) is 0 Å². The summed E-state index contributed by atoms with van der Waals surface area (Å²) in [5, 5.41) is 4.27. The van der Waals surface area contributed by atoms with E-state index in [0.717, 1.165) is 41.3 Å². The molecule has 5 heteroatoms. The number of fused-ring (bicyclic) bond motifs is 1. The lowest BCUT2D eigenvalue weighted by atomic mass is 9.92. The minimum atomic E-state index is -0.00971. The van der Waals surface area contributed by atoms with E-state index >= 15 is 0 Å². The molecule has 0 unspecified atom stereocenters. The molecule has 1 aromatic carbocycles. The molecule has 0 bridgehead atoms. The Hall–Kier alpha value is -1.88. The molecular formula is C21H29N3OS. The summed E-state index contributed by atoms with van der Waals surface area (Å²) < 4.78 is 0. The van der Waals surface area contributed by atoms with Crippen LogP contribution in [-0.4, -0.2) is 17.4 Å². The van der Waals surface area contributed by atoms with E-state index in [-0.39, 0.29) is 11.3 Å². The number of aromatic nitrogens is 1. The second-order valence-electron chi connectivity index (χ2n) is 8.51. The van der Waals surface area contributed by atoms with Crippen LogP contribution >= 0.6 is 11.3 Å². The second kappa shape index (κ2) is 7.03. The van der Waals surface area contributed by atoms with Gasteiger partial charge >= 0.3 is 0 Å². The van der Waals surface area contributed by atoms with Gasteiger partial charge in [-0.3, -0.25) is 4.79 Å². The maximum atomic E-state index is 12.3. The highest BCUT2D eigenvalue weighted by atomic mass is 32.1. The summed E-state index contributed by atoms with van der Waals surface area (Å²) in [7, 11) is 0. The number of aryl methyl sites for hydroxylation is 3. The van der Waals surface area contributed by atoms with Gasteiger partial charge in [-0.1, -0.05) is 20.8 Å². The highest BCUT2D eigenvalue weighted by Gasteiger charge is 2.22. The van der Waals surface area contributed by atoms with Crippen molar-refractivity contribution in [2.75, 3.05) is 16.8 Å². The van der Waals surface area contributed by atoms with Crippen molar-refractivity contribution in [3.05, 3.63) is 38.8 Å². The van der Waals surface area contributed by atoms with Crippen LogP contribution in [0.5, 0.6) is 0 Å². The first-order valence-electron chi connectivity index (χ1n) is 9.23. The summed E-state index contributed by atoms with van der Waals surface area (Å²) in [4.78, 5) is 20.8. The molecule has 4 nitrogen and oxygen atoms in total. The molecule has 0 saturated carbocycles. The number of nitrogens with one attached hydrogen (secondary N) is 1. The van der Waals surface area contributed by atoms with Crippen LogP contribution in [0.25, 0.3) is 0 Å². The van der Waals surface area contributed by atoms with Gasteiger partial charge in [0, 0.05) is 35.6 Å². The molecule has 2 aromatic rings. The van der Waals surface area contributed by atoms with Crippen LogP contribution in [0.3, 0.4) is 0 Å². The Balaban J connectivity index is 1.78. The van der Waals surface area contributed by atoms with E-state index in [0.29, 0.717) is 6.42 Å². The molecule has 1 aliphatic heterocycles. The van der Waals surface area contributed by atoms with Crippen molar-refractivity contribution in [2.45, 2.75) is 60.9 Å². The standard InChI is InChI=1S/C21H29N3OS/c1-13-9-16(24-8-7-17-18(12-24)26-15(3)22-17)10-14(2)20(13)23-19(25)11-21(4,5)6/h9-10H,7-8,11-12H2,1-6H3,(H,23,25). The number of amides is 1. The summed E-state index contributed by atoms with van der Waals surface area (Å²) in [5.41, 5.74) is 5.68. The molecule has 0 spiro atoms. The zero-order valence-electron chi connectivity index (χ0n) is 16.7. The van der Waals surface area contributed by atoms with Gasteiger partial charge in [0.05, 0.1) is 17.2 Å². The van der Waals surface area contributed by atoms with Crippen LogP contribution in [0.15, 0.2) is 12.1 Å². The molecule has 0 aliphatic carbocycles. The molecule has 1 aromatic heterocycles. The Labute approximate surface area is 160 Å². The lowest BCUT2D eigenvalue weighted by Crippen LogP contribution is -2.30. The number of carbonyl (C=O) groups excluding carboxylic acids is 1. The van der Waals surface area contributed by atoms with Crippen molar-refractivity contribution >= 4 is 28.6 Å². The van der Waals surface area contributed by atoms with E-state index < -0.39 is 0 Å². The molecule has 1 amide bonds. The molecule has 2 heterocycles.